The number of fused-ring (bicyclic) bond motifs is 3. The molecule has 3 aromatic rings. The molecule has 2 heterocycles. The number of sulfonamides is 1. The van der Waals surface area contributed by atoms with Crippen molar-refractivity contribution in [3.8, 4) is 5.75 Å². The number of rotatable bonds is 8. The number of carboxylic acids is 1. The maximum atomic E-state index is 16.5. The molecule has 2 saturated heterocycles. The average molecular weight is 791 g/mol. The summed E-state index contributed by atoms with van der Waals surface area (Å²) in [5.74, 6) is -6.76. The highest BCUT2D eigenvalue weighted by molar-refractivity contribution is 9.10. The Morgan fingerprint density at radius 1 is 0.920 bits per heavy atom. The number of aliphatic carboxylic acids is 1. The van der Waals surface area contributed by atoms with Gasteiger partial charge < -0.3 is 20.5 Å². The van der Waals surface area contributed by atoms with E-state index in [2.05, 4.69) is 15.9 Å². The van der Waals surface area contributed by atoms with Crippen LogP contribution in [-0.2, 0) is 25.5 Å². The summed E-state index contributed by atoms with van der Waals surface area (Å²) in [7, 11) is -3.45. The maximum Gasteiger partial charge on any atom is 0.490 e. The van der Waals surface area contributed by atoms with Crippen molar-refractivity contribution in [2.75, 3.05) is 7.05 Å². The van der Waals surface area contributed by atoms with E-state index in [9.17, 15) is 26.4 Å². The average Bonchev–Trinajstić information content (AvgIpc) is 3.66. The Balaban J connectivity index is 0.000000630. The fraction of sp³-hybridized carbons (Fsp3) is 0.471. The van der Waals surface area contributed by atoms with Gasteiger partial charge in [0.25, 0.3) is 5.92 Å². The number of hydrogen-bond acceptors (Lipinski definition) is 6. The lowest BCUT2D eigenvalue weighted by atomic mass is 9.94. The minimum Gasteiger partial charge on any atom is -0.490 e. The van der Waals surface area contributed by atoms with Crippen LogP contribution in [0.3, 0.4) is 0 Å². The van der Waals surface area contributed by atoms with Crippen molar-refractivity contribution in [2.24, 2.45) is 5.73 Å². The van der Waals surface area contributed by atoms with Crippen molar-refractivity contribution >= 4 is 48.6 Å². The third-order valence-electron chi connectivity index (χ3n) is 9.50. The van der Waals surface area contributed by atoms with Crippen LogP contribution in [0.4, 0.5) is 22.0 Å². The predicted molar refractivity (Wildman–Crippen MR) is 178 cm³/mol. The lowest BCUT2D eigenvalue weighted by molar-refractivity contribution is -0.192. The highest BCUT2D eigenvalue weighted by Gasteiger charge is 2.56. The summed E-state index contributed by atoms with van der Waals surface area (Å²) in [6, 6.07) is 12.3. The Kier molecular flexibility index (Phi) is 11.2. The van der Waals surface area contributed by atoms with Crippen LogP contribution in [0, 0.1) is 0 Å². The summed E-state index contributed by atoms with van der Waals surface area (Å²) >= 11 is 3.26. The number of amides is 1. The zero-order chi connectivity index (χ0) is 36.6. The molecule has 2 aliphatic heterocycles. The third kappa shape index (κ3) is 8.08. The zero-order valence-electron chi connectivity index (χ0n) is 27.0. The van der Waals surface area contributed by atoms with Gasteiger partial charge in [0.1, 0.15) is 5.75 Å². The van der Waals surface area contributed by atoms with Crippen molar-refractivity contribution in [1.82, 2.24) is 9.21 Å². The fourth-order valence-corrected chi connectivity index (χ4v) is 8.64. The van der Waals surface area contributed by atoms with Gasteiger partial charge in [0.05, 0.1) is 11.0 Å². The summed E-state index contributed by atoms with van der Waals surface area (Å²) in [4.78, 5) is 24.4. The summed E-state index contributed by atoms with van der Waals surface area (Å²) in [5.41, 5.74) is 5.74. The summed E-state index contributed by atoms with van der Waals surface area (Å²) in [5, 5.41) is 8.52. The molecule has 0 spiro atoms. The minimum absolute atomic E-state index is 0.116. The van der Waals surface area contributed by atoms with Gasteiger partial charge in [-0.05, 0) is 98.5 Å². The van der Waals surface area contributed by atoms with Crippen LogP contribution >= 0.6 is 15.9 Å². The van der Waals surface area contributed by atoms with Crippen LogP contribution in [0.5, 0.6) is 5.75 Å². The van der Waals surface area contributed by atoms with Gasteiger partial charge in [0, 0.05) is 35.2 Å². The topological polar surface area (TPSA) is 130 Å². The van der Waals surface area contributed by atoms with Crippen molar-refractivity contribution in [3.63, 3.8) is 0 Å². The lowest BCUT2D eigenvalue weighted by Crippen LogP contribution is -2.61. The molecular weight excluding hydrogens is 753 g/mol. The Bertz CT molecular complexity index is 1810. The zero-order valence-corrected chi connectivity index (χ0v) is 29.4. The fourth-order valence-electron chi connectivity index (χ4n) is 7.03. The molecule has 3 N–H and O–H groups in total. The van der Waals surface area contributed by atoms with Gasteiger partial charge in [0.2, 0.25) is 15.9 Å². The molecule has 1 saturated carbocycles. The van der Waals surface area contributed by atoms with Crippen molar-refractivity contribution < 1.29 is 49.8 Å². The number of carbonyl (C=O) groups is 2. The first-order valence-corrected chi connectivity index (χ1v) is 18.3. The first-order valence-electron chi connectivity index (χ1n) is 16.1. The van der Waals surface area contributed by atoms with Gasteiger partial charge in [-0.25, -0.2) is 13.2 Å². The molecule has 0 aromatic heterocycles. The molecule has 272 valence electrons. The third-order valence-corrected chi connectivity index (χ3v) is 11.8. The van der Waals surface area contributed by atoms with Crippen molar-refractivity contribution in [2.45, 2.75) is 98.6 Å². The second-order valence-corrected chi connectivity index (χ2v) is 15.8. The largest absolute Gasteiger partial charge is 0.490 e. The van der Waals surface area contributed by atoms with Gasteiger partial charge in [-0.1, -0.05) is 40.2 Å². The normalized spacial score (nSPS) is 21.9. The number of nitrogens with zero attached hydrogens (tertiary/aromatic N) is 2. The van der Waals surface area contributed by atoms with E-state index < -0.39 is 45.6 Å². The quantitative estimate of drug-likeness (QED) is 0.240. The lowest BCUT2D eigenvalue weighted by Gasteiger charge is -2.42. The first-order chi connectivity index (χ1) is 23.4. The number of alkyl halides is 5. The van der Waals surface area contributed by atoms with E-state index in [0.29, 0.717) is 45.6 Å². The number of ether oxygens (including phenoxy) is 1. The SMILES string of the molecule is CN(C(C(=O)N1C2CCC1CC(N)C2)C(F)(F)c1ccc(Br)cc1)S(=O)(=O)c1ccc2cc(OC3CCCC3)ccc2c1.O=C(O)C(F)(F)F. The molecule has 3 aliphatic rings. The van der Waals surface area contributed by atoms with Crippen LogP contribution in [-0.4, -0.2) is 78.1 Å². The van der Waals surface area contributed by atoms with E-state index in [1.165, 1.54) is 41.3 Å². The monoisotopic (exact) mass is 789 g/mol. The van der Waals surface area contributed by atoms with Gasteiger partial charge in [-0.3, -0.25) is 4.79 Å². The Morgan fingerprint density at radius 3 is 2.02 bits per heavy atom. The van der Waals surface area contributed by atoms with Crippen molar-refractivity contribution in [3.05, 3.63) is 70.7 Å². The molecule has 3 atom stereocenters. The van der Waals surface area contributed by atoms with Gasteiger partial charge in [-0.15, -0.1) is 0 Å². The summed E-state index contributed by atoms with van der Waals surface area (Å²) < 4.78 is 100.0. The number of carboxylic acid groups (broad SMARTS) is 1. The molecule has 16 heteroatoms. The molecule has 3 aromatic carbocycles. The van der Waals surface area contributed by atoms with Gasteiger partial charge in [0.15, 0.2) is 6.04 Å². The molecule has 50 heavy (non-hydrogen) atoms. The predicted octanol–water partition coefficient (Wildman–Crippen LogP) is 6.82. The van der Waals surface area contributed by atoms with Crippen LogP contribution in [0.2, 0.25) is 0 Å². The highest BCUT2D eigenvalue weighted by atomic mass is 79.9. The number of benzene rings is 3. The van der Waals surface area contributed by atoms with Gasteiger partial charge in [-0.2, -0.15) is 26.3 Å². The van der Waals surface area contributed by atoms with E-state index >= 15 is 8.78 Å². The molecule has 9 nitrogen and oxygen atoms in total. The van der Waals surface area contributed by atoms with Gasteiger partial charge >= 0.3 is 12.1 Å². The van der Waals surface area contributed by atoms with Crippen molar-refractivity contribution in [1.29, 1.82) is 0 Å². The Morgan fingerprint density at radius 2 is 1.46 bits per heavy atom. The molecule has 3 unspecified atom stereocenters. The van der Waals surface area contributed by atoms with E-state index in [4.69, 9.17) is 20.4 Å². The molecule has 2 bridgehead atoms. The molecule has 6 rings (SSSR count). The standard InChI is InChI=1S/C32H36BrF2N3O4S.C2HF3O2/c1-37(43(40,41)29-15-7-20-16-28(14-6-21(20)17-29)42-27-4-2-3-5-27)30(32(34,35)22-8-10-23(33)11-9-22)31(39)38-25-12-13-26(38)19-24(36)18-25;3-2(4,5)1(6)7/h6-11,14-17,24-27,30H,2-5,12-13,18-19,36H2,1H3;(H,6,7). The molecule has 1 aliphatic carbocycles. The Hall–Kier alpha value is -3.34. The first kappa shape index (κ1) is 37.9. The number of likely N-dealkylation sites (N-methyl/N-ethyl adjacent to an activating group) is 1. The van der Waals surface area contributed by atoms with E-state index in [-0.39, 0.29) is 29.1 Å². The number of piperidine rings is 1. The minimum atomic E-state index is -5.08. The molecular formula is C34H37BrF5N3O6S. The number of nitrogens with two attached hydrogens (primary N) is 1. The summed E-state index contributed by atoms with van der Waals surface area (Å²) in [6.45, 7) is 0. The number of halogens is 6. The summed E-state index contributed by atoms with van der Waals surface area (Å²) in [6.07, 6.45) is 1.74. The second-order valence-electron chi connectivity index (χ2n) is 12.9. The van der Waals surface area contributed by atoms with Crippen LogP contribution in [0.1, 0.15) is 56.9 Å². The number of hydrogen-bond donors (Lipinski definition) is 2. The van der Waals surface area contributed by atoms with Crippen LogP contribution in [0.25, 0.3) is 10.8 Å². The molecule has 3 fully saturated rings. The van der Waals surface area contributed by atoms with Crippen LogP contribution in [0.15, 0.2) is 70.0 Å². The number of carbonyl (C=O) groups excluding carboxylic acids is 1. The maximum absolute atomic E-state index is 16.5. The van der Waals surface area contributed by atoms with E-state index in [1.807, 2.05) is 6.07 Å². The smallest absolute Gasteiger partial charge is 0.490 e. The van der Waals surface area contributed by atoms with E-state index in [0.717, 1.165) is 38.1 Å². The molecule has 1 amide bonds. The second kappa shape index (κ2) is 14.7. The Labute approximate surface area is 294 Å². The van der Waals surface area contributed by atoms with E-state index in [1.54, 1.807) is 18.2 Å². The van der Waals surface area contributed by atoms with Crippen LogP contribution < -0.4 is 10.5 Å². The molecule has 0 radical (unpaired) electrons. The highest BCUT2D eigenvalue weighted by Crippen LogP contribution is 2.42.